The molecule has 3 aromatic rings. The summed E-state index contributed by atoms with van der Waals surface area (Å²) in [4.78, 5) is 25.0. The number of hydrogen-bond acceptors (Lipinski definition) is 6. The maximum Gasteiger partial charge on any atom is 0.291 e. The van der Waals surface area contributed by atoms with E-state index in [2.05, 4.69) is 10.6 Å². The summed E-state index contributed by atoms with van der Waals surface area (Å²) in [6.45, 7) is 2.05. The molecule has 3 rings (SSSR count). The van der Waals surface area contributed by atoms with Crippen LogP contribution in [0.4, 0.5) is 5.69 Å². The highest BCUT2D eigenvalue weighted by Gasteiger charge is 2.15. The van der Waals surface area contributed by atoms with Crippen LogP contribution in [-0.2, 0) is 6.54 Å². The van der Waals surface area contributed by atoms with Crippen LogP contribution >= 0.6 is 0 Å². The fourth-order valence-corrected chi connectivity index (χ4v) is 3.00. The molecule has 2 amide bonds. The standard InChI is InChI=1S/C23H24N2O6/c1-14-7-8-15(10-17(14)25-23(27)18-6-5-9-31-18)22(26)24-13-16-11-20(29-3)21(30-4)12-19(16)28-2/h5-12H,13H2,1-4H3,(H,24,26)(H,25,27). The Morgan fingerprint density at radius 2 is 1.61 bits per heavy atom. The summed E-state index contributed by atoms with van der Waals surface area (Å²) in [6.07, 6.45) is 1.42. The molecular formula is C23H24N2O6. The number of hydrogen-bond donors (Lipinski definition) is 2. The smallest absolute Gasteiger partial charge is 0.291 e. The highest BCUT2D eigenvalue weighted by Crippen LogP contribution is 2.34. The Hall–Kier alpha value is -3.94. The van der Waals surface area contributed by atoms with E-state index >= 15 is 0 Å². The molecule has 0 aliphatic carbocycles. The van der Waals surface area contributed by atoms with E-state index in [0.717, 1.165) is 11.1 Å². The van der Waals surface area contributed by atoms with Crippen LogP contribution in [0.1, 0.15) is 32.0 Å². The fourth-order valence-electron chi connectivity index (χ4n) is 3.00. The normalized spacial score (nSPS) is 10.3. The van der Waals surface area contributed by atoms with Gasteiger partial charge in [-0.3, -0.25) is 9.59 Å². The largest absolute Gasteiger partial charge is 0.496 e. The molecule has 8 heteroatoms. The number of amides is 2. The molecule has 31 heavy (non-hydrogen) atoms. The van der Waals surface area contributed by atoms with Gasteiger partial charge in [0.1, 0.15) is 5.75 Å². The van der Waals surface area contributed by atoms with Gasteiger partial charge in [0.2, 0.25) is 0 Å². The lowest BCUT2D eigenvalue weighted by atomic mass is 10.1. The van der Waals surface area contributed by atoms with E-state index in [1.165, 1.54) is 13.4 Å². The zero-order valence-corrected chi connectivity index (χ0v) is 17.8. The summed E-state index contributed by atoms with van der Waals surface area (Å²) in [7, 11) is 4.62. The Balaban J connectivity index is 1.75. The summed E-state index contributed by atoms with van der Waals surface area (Å²) < 4.78 is 21.1. The Bertz CT molecular complexity index is 1080. The first-order valence-corrected chi connectivity index (χ1v) is 9.49. The maximum absolute atomic E-state index is 12.7. The number of rotatable bonds is 8. The van der Waals surface area contributed by atoms with Crippen molar-refractivity contribution in [3.63, 3.8) is 0 Å². The second-order valence-corrected chi connectivity index (χ2v) is 6.66. The van der Waals surface area contributed by atoms with E-state index < -0.39 is 0 Å². The molecule has 0 saturated carbocycles. The van der Waals surface area contributed by atoms with Crippen LogP contribution in [0.25, 0.3) is 0 Å². The lowest BCUT2D eigenvalue weighted by Gasteiger charge is -2.15. The second-order valence-electron chi connectivity index (χ2n) is 6.66. The summed E-state index contributed by atoms with van der Waals surface area (Å²) in [6, 6.07) is 11.7. The van der Waals surface area contributed by atoms with Crippen LogP contribution in [0.5, 0.6) is 17.2 Å². The van der Waals surface area contributed by atoms with Gasteiger partial charge in [-0.15, -0.1) is 0 Å². The summed E-state index contributed by atoms with van der Waals surface area (Å²) >= 11 is 0. The Morgan fingerprint density at radius 3 is 2.26 bits per heavy atom. The average Bonchev–Trinajstić information content (AvgIpc) is 3.33. The molecule has 0 bridgehead atoms. The van der Waals surface area contributed by atoms with Gasteiger partial charge in [-0.25, -0.2) is 0 Å². The topological polar surface area (TPSA) is 99.0 Å². The first-order valence-electron chi connectivity index (χ1n) is 9.49. The number of benzene rings is 2. The summed E-state index contributed by atoms with van der Waals surface area (Å²) in [5.74, 6) is 1.13. The van der Waals surface area contributed by atoms with Crippen molar-refractivity contribution in [2.75, 3.05) is 26.6 Å². The SMILES string of the molecule is COc1cc(OC)c(OC)cc1CNC(=O)c1ccc(C)c(NC(=O)c2ccco2)c1. The predicted molar refractivity (Wildman–Crippen MR) is 115 cm³/mol. The molecule has 0 unspecified atom stereocenters. The van der Waals surface area contributed by atoms with Crippen LogP contribution < -0.4 is 24.8 Å². The highest BCUT2D eigenvalue weighted by molar-refractivity contribution is 6.03. The fraction of sp³-hybridized carbons (Fsp3) is 0.217. The van der Waals surface area contributed by atoms with E-state index in [-0.39, 0.29) is 24.1 Å². The number of methoxy groups -OCH3 is 3. The van der Waals surface area contributed by atoms with Crippen LogP contribution in [0.3, 0.4) is 0 Å². The van der Waals surface area contributed by atoms with Gasteiger partial charge in [-0.2, -0.15) is 0 Å². The molecule has 0 aliphatic heterocycles. The minimum Gasteiger partial charge on any atom is -0.496 e. The third kappa shape index (κ3) is 4.98. The van der Waals surface area contributed by atoms with Gasteiger partial charge in [0.15, 0.2) is 17.3 Å². The molecule has 1 aromatic heterocycles. The van der Waals surface area contributed by atoms with Crippen molar-refractivity contribution in [3.8, 4) is 17.2 Å². The van der Waals surface area contributed by atoms with E-state index in [0.29, 0.717) is 28.5 Å². The number of aryl methyl sites for hydroxylation is 1. The zero-order valence-electron chi connectivity index (χ0n) is 17.8. The molecule has 0 saturated heterocycles. The number of carbonyl (C=O) groups excluding carboxylic acids is 2. The summed E-state index contributed by atoms with van der Waals surface area (Å²) in [5, 5.41) is 5.62. The maximum atomic E-state index is 12.7. The molecule has 0 fully saturated rings. The van der Waals surface area contributed by atoms with Gasteiger partial charge < -0.3 is 29.3 Å². The van der Waals surface area contributed by atoms with Gasteiger partial charge in [0, 0.05) is 29.4 Å². The van der Waals surface area contributed by atoms with E-state index in [4.69, 9.17) is 18.6 Å². The predicted octanol–water partition coefficient (Wildman–Crippen LogP) is 3.80. The van der Waals surface area contributed by atoms with Gasteiger partial charge in [0.25, 0.3) is 11.8 Å². The molecule has 0 radical (unpaired) electrons. The van der Waals surface area contributed by atoms with Crippen molar-refractivity contribution >= 4 is 17.5 Å². The van der Waals surface area contributed by atoms with Crippen LogP contribution in [0, 0.1) is 6.92 Å². The third-order valence-electron chi connectivity index (χ3n) is 4.72. The van der Waals surface area contributed by atoms with Crippen LogP contribution in [-0.4, -0.2) is 33.1 Å². The van der Waals surface area contributed by atoms with E-state index in [1.807, 2.05) is 6.92 Å². The van der Waals surface area contributed by atoms with Crippen molar-refractivity contribution in [1.29, 1.82) is 0 Å². The molecule has 162 valence electrons. The number of carbonyl (C=O) groups is 2. The van der Waals surface area contributed by atoms with Crippen LogP contribution in [0.15, 0.2) is 53.1 Å². The van der Waals surface area contributed by atoms with Crippen molar-refractivity contribution < 1.29 is 28.2 Å². The molecule has 8 nitrogen and oxygen atoms in total. The molecule has 0 aliphatic rings. The number of nitrogens with one attached hydrogen (secondary N) is 2. The molecule has 0 atom stereocenters. The van der Waals surface area contributed by atoms with E-state index in [9.17, 15) is 9.59 Å². The Kier molecular flexibility index (Phi) is 6.81. The van der Waals surface area contributed by atoms with Gasteiger partial charge >= 0.3 is 0 Å². The van der Waals surface area contributed by atoms with Crippen molar-refractivity contribution in [3.05, 3.63) is 71.2 Å². The zero-order chi connectivity index (χ0) is 22.4. The average molecular weight is 424 g/mol. The highest BCUT2D eigenvalue weighted by atomic mass is 16.5. The molecule has 1 heterocycles. The van der Waals surface area contributed by atoms with Gasteiger partial charge in [-0.05, 0) is 42.8 Å². The first-order chi connectivity index (χ1) is 15.0. The minimum absolute atomic E-state index is 0.190. The molecule has 0 spiro atoms. The number of anilines is 1. The molecule has 2 N–H and O–H groups in total. The van der Waals surface area contributed by atoms with Crippen molar-refractivity contribution in [2.24, 2.45) is 0 Å². The minimum atomic E-state index is -0.388. The quantitative estimate of drug-likeness (QED) is 0.571. The monoisotopic (exact) mass is 424 g/mol. The Labute approximate surface area is 180 Å². The van der Waals surface area contributed by atoms with Crippen LogP contribution in [0.2, 0.25) is 0 Å². The lowest BCUT2D eigenvalue weighted by Crippen LogP contribution is -2.23. The van der Waals surface area contributed by atoms with Crippen molar-refractivity contribution in [2.45, 2.75) is 13.5 Å². The van der Waals surface area contributed by atoms with Gasteiger partial charge in [-0.1, -0.05) is 6.07 Å². The second kappa shape index (κ2) is 9.71. The molecular weight excluding hydrogens is 400 g/mol. The number of ether oxygens (including phenoxy) is 3. The Morgan fingerprint density at radius 1 is 0.903 bits per heavy atom. The summed E-state index contributed by atoms with van der Waals surface area (Å²) in [5.41, 5.74) is 2.47. The number of furan rings is 1. The lowest BCUT2D eigenvalue weighted by molar-refractivity contribution is 0.0948. The third-order valence-corrected chi connectivity index (χ3v) is 4.72. The van der Waals surface area contributed by atoms with E-state index in [1.54, 1.807) is 56.7 Å². The molecule has 2 aromatic carbocycles. The van der Waals surface area contributed by atoms with Gasteiger partial charge in [0.05, 0.1) is 27.6 Å². The first kappa shape index (κ1) is 21.8. The van der Waals surface area contributed by atoms with Crippen molar-refractivity contribution in [1.82, 2.24) is 5.32 Å².